The number of nitrogens with zero attached hydrogens (tertiary/aromatic N) is 1. The van der Waals surface area contributed by atoms with E-state index in [2.05, 4.69) is 4.72 Å². The van der Waals surface area contributed by atoms with Gasteiger partial charge >= 0.3 is 0 Å². The van der Waals surface area contributed by atoms with Gasteiger partial charge in [0.15, 0.2) is 0 Å². The summed E-state index contributed by atoms with van der Waals surface area (Å²) >= 11 is 0. The molecule has 0 unspecified atom stereocenters. The second kappa shape index (κ2) is 7.89. The molecule has 6 heteroatoms. The Hall–Kier alpha value is -0.950. The molecule has 21 heavy (non-hydrogen) atoms. The molecule has 1 saturated heterocycles. The molecule has 1 aliphatic heterocycles. The fourth-order valence-electron chi connectivity index (χ4n) is 2.61. The highest BCUT2D eigenvalue weighted by Gasteiger charge is 2.25. The van der Waals surface area contributed by atoms with Crippen molar-refractivity contribution in [3.63, 3.8) is 0 Å². The SMILES string of the molecule is O=S(=O)(N[C@@H](CO)Cc1ccccc1)N1CCCCCC1. The monoisotopic (exact) mass is 312 g/mol. The Bertz CT molecular complexity index is 511. The van der Waals surface area contributed by atoms with Crippen LogP contribution in [0.25, 0.3) is 0 Å². The highest BCUT2D eigenvalue weighted by Crippen LogP contribution is 2.13. The lowest BCUT2D eigenvalue weighted by molar-refractivity contribution is 0.253. The summed E-state index contributed by atoms with van der Waals surface area (Å²) in [5.41, 5.74) is 1.01. The van der Waals surface area contributed by atoms with Gasteiger partial charge in [-0.25, -0.2) is 0 Å². The van der Waals surface area contributed by atoms with Crippen molar-refractivity contribution in [2.45, 2.75) is 38.1 Å². The lowest BCUT2D eigenvalue weighted by Gasteiger charge is -2.24. The standard InChI is InChI=1S/C15H24N2O3S/c18-13-15(12-14-8-4-3-5-9-14)16-21(19,20)17-10-6-1-2-7-11-17/h3-5,8-9,15-16,18H,1-2,6-7,10-13H2/t15-/m1/s1. The molecular weight excluding hydrogens is 288 g/mol. The summed E-state index contributed by atoms with van der Waals surface area (Å²) < 4.78 is 28.9. The van der Waals surface area contributed by atoms with Gasteiger partial charge in [-0.05, 0) is 24.8 Å². The number of aliphatic hydroxyl groups is 1. The van der Waals surface area contributed by atoms with Crippen LogP contribution in [-0.2, 0) is 16.6 Å². The summed E-state index contributed by atoms with van der Waals surface area (Å²) in [6.07, 6.45) is 4.47. The highest BCUT2D eigenvalue weighted by atomic mass is 32.2. The van der Waals surface area contributed by atoms with Crippen molar-refractivity contribution in [3.05, 3.63) is 35.9 Å². The molecule has 0 aromatic heterocycles. The Labute approximate surface area is 127 Å². The van der Waals surface area contributed by atoms with Crippen LogP contribution in [0.3, 0.4) is 0 Å². The van der Waals surface area contributed by atoms with Gasteiger partial charge in [0.1, 0.15) is 0 Å². The molecule has 2 rings (SSSR count). The molecule has 0 bridgehead atoms. The number of hydrogen-bond donors (Lipinski definition) is 2. The van der Waals surface area contributed by atoms with E-state index in [0.29, 0.717) is 19.5 Å². The third-order valence-corrected chi connectivity index (χ3v) is 5.44. The van der Waals surface area contributed by atoms with Crippen LogP contribution in [0.15, 0.2) is 30.3 Å². The number of hydrogen-bond acceptors (Lipinski definition) is 3. The van der Waals surface area contributed by atoms with Crippen LogP contribution >= 0.6 is 0 Å². The van der Waals surface area contributed by atoms with Crippen molar-refractivity contribution in [2.24, 2.45) is 0 Å². The van der Waals surface area contributed by atoms with E-state index in [1.807, 2.05) is 30.3 Å². The topological polar surface area (TPSA) is 69.6 Å². The molecule has 1 aliphatic rings. The predicted molar refractivity (Wildman–Crippen MR) is 83.1 cm³/mol. The average Bonchev–Trinajstić information content (AvgIpc) is 2.77. The van der Waals surface area contributed by atoms with Crippen LogP contribution in [0.5, 0.6) is 0 Å². The summed E-state index contributed by atoms with van der Waals surface area (Å²) in [6, 6.07) is 9.12. The molecule has 5 nitrogen and oxygen atoms in total. The summed E-state index contributed by atoms with van der Waals surface area (Å²) in [7, 11) is -3.51. The molecule has 118 valence electrons. The fraction of sp³-hybridized carbons (Fsp3) is 0.600. The van der Waals surface area contributed by atoms with Crippen molar-refractivity contribution >= 4 is 10.2 Å². The fourth-order valence-corrected chi connectivity index (χ4v) is 4.08. The number of rotatable bonds is 6. The Morgan fingerprint density at radius 3 is 2.29 bits per heavy atom. The van der Waals surface area contributed by atoms with E-state index in [0.717, 1.165) is 31.2 Å². The minimum Gasteiger partial charge on any atom is -0.395 e. The molecule has 0 aliphatic carbocycles. The molecule has 0 amide bonds. The first-order chi connectivity index (χ1) is 10.1. The van der Waals surface area contributed by atoms with Crippen molar-refractivity contribution in [1.82, 2.24) is 9.03 Å². The molecule has 1 atom stereocenters. The molecular formula is C15H24N2O3S. The van der Waals surface area contributed by atoms with E-state index in [1.54, 1.807) is 0 Å². The largest absolute Gasteiger partial charge is 0.395 e. The normalized spacial score (nSPS) is 19.1. The average molecular weight is 312 g/mol. The van der Waals surface area contributed by atoms with Crippen molar-refractivity contribution in [1.29, 1.82) is 0 Å². The van der Waals surface area contributed by atoms with Gasteiger partial charge in [-0.2, -0.15) is 17.4 Å². The van der Waals surface area contributed by atoms with Gasteiger partial charge in [0, 0.05) is 13.1 Å². The summed E-state index contributed by atoms with van der Waals surface area (Å²) in [5, 5.41) is 9.46. The van der Waals surface area contributed by atoms with Crippen LogP contribution in [0.4, 0.5) is 0 Å². The smallest absolute Gasteiger partial charge is 0.279 e. The minimum absolute atomic E-state index is 0.206. The molecule has 1 aromatic rings. The number of aliphatic hydroxyl groups excluding tert-OH is 1. The summed E-state index contributed by atoms with van der Waals surface area (Å²) in [6.45, 7) is 0.930. The number of nitrogens with one attached hydrogen (secondary N) is 1. The van der Waals surface area contributed by atoms with Crippen LogP contribution in [0.2, 0.25) is 0 Å². The van der Waals surface area contributed by atoms with Gasteiger partial charge in [-0.3, -0.25) is 0 Å². The minimum atomic E-state index is -3.51. The molecule has 1 aromatic carbocycles. The maximum atomic E-state index is 12.4. The van der Waals surface area contributed by atoms with E-state index in [9.17, 15) is 13.5 Å². The molecule has 0 spiro atoms. The van der Waals surface area contributed by atoms with Crippen molar-refractivity contribution in [3.8, 4) is 0 Å². The zero-order valence-electron chi connectivity index (χ0n) is 12.2. The van der Waals surface area contributed by atoms with Crippen LogP contribution in [-0.4, -0.2) is 43.6 Å². The molecule has 0 radical (unpaired) electrons. The Balaban J connectivity index is 1.99. The zero-order chi connectivity index (χ0) is 15.1. The first kappa shape index (κ1) is 16.4. The van der Waals surface area contributed by atoms with Crippen molar-refractivity contribution in [2.75, 3.05) is 19.7 Å². The lowest BCUT2D eigenvalue weighted by Crippen LogP contribution is -2.47. The molecule has 2 N–H and O–H groups in total. The summed E-state index contributed by atoms with van der Waals surface area (Å²) in [5.74, 6) is 0. The van der Waals surface area contributed by atoms with E-state index < -0.39 is 16.3 Å². The second-order valence-corrected chi connectivity index (χ2v) is 7.21. The van der Waals surface area contributed by atoms with Gasteiger partial charge in [-0.15, -0.1) is 0 Å². The van der Waals surface area contributed by atoms with Crippen molar-refractivity contribution < 1.29 is 13.5 Å². The van der Waals surface area contributed by atoms with E-state index >= 15 is 0 Å². The van der Waals surface area contributed by atoms with E-state index in [1.165, 1.54) is 4.31 Å². The Morgan fingerprint density at radius 1 is 1.10 bits per heavy atom. The Morgan fingerprint density at radius 2 is 1.71 bits per heavy atom. The first-order valence-corrected chi connectivity index (χ1v) is 8.98. The maximum Gasteiger partial charge on any atom is 0.279 e. The van der Waals surface area contributed by atoms with E-state index in [-0.39, 0.29) is 6.61 Å². The molecule has 1 fully saturated rings. The molecule has 0 saturated carbocycles. The maximum absolute atomic E-state index is 12.4. The summed E-state index contributed by atoms with van der Waals surface area (Å²) in [4.78, 5) is 0. The quantitative estimate of drug-likeness (QED) is 0.832. The van der Waals surface area contributed by atoms with E-state index in [4.69, 9.17) is 0 Å². The van der Waals surface area contributed by atoms with Crippen LogP contribution in [0.1, 0.15) is 31.2 Å². The highest BCUT2D eigenvalue weighted by molar-refractivity contribution is 7.87. The second-order valence-electron chi connectivity index (χ2n) is 5.51. The zero-order valence-corrected chi connectivity index (χ0v) is 13.1. The Kier molecular flexibility index (Phi) is 6.17. The lowest BCUT2D eigenvalue weighted by atomic mass is 10.1. The van der Waals surface area contributed by atoms with Gasteiger partial charge in [0.2, 0.25) is 0 Å². The van der Waals surface area contributed by atoms with Crippen LogP contribution in [0, 0.1) is 0 Å². The molecule has 1 heterocycles. The van der Waals surface area contributed by atoms with Gasteiger partial charge < -0.3 is 5.11 Å². The first-order valence-electron chi connectivity index (χ1n) is 7.54. The third kappa shape index (κ3) is 5.07. The van der Waals surface area contributed by atoms with Crippen LogP contribution < -0.4 is 4.72 Å². The van der Waals surface area contributed by atoms with Gasteiger partial charge in [-0.1, -0.05) is 43.2 Å². The van der Waals surface area contributed by atoms with Gasteiger partial charge in [0.25, 0.3) is 10.2 Å². The third-order valence-electron chi connectivity index (χ3n) is 3.77. The predicted octanol–water partition coefficient (Wildman–Crippen LogP) is 1.30. The van der Waals surface area contributed by atoms with Gasteiger partial charge in [0.05, 0.1) is 12.6 Å². The number of benzene rings is 1.